The molecule has 3 N–H and O–H groups in total. The van der Waals surface area contributed by atoms with Gasteiger partial charge in [-0.2, -0.15) is 0 Å². The van der Waals surface area contributed by atoms with E-state index in [-0.39, 0.29) is 5.96 Å². The number of nitrogens with zero attached hydrogens (tertiary/aromatic N) is 2. The molecule has 2 aromatic carbocycles. The molecule has 3 aromatic rings. The largest absolute Gasteiger partial charge is 0.496 e. The highest BCUT2D eigenvalue weighted by Gasteiger charge is 2.09. The van der Waals surface area contributed by atoms with Gasteiger partial charge in [0.15, 0.2) is 5.96 Å². The van der Waals surface area contributed by atoms with Gasteiger partial charge in [-0.1, -0.05) is 42.5 Å². The van der Waals surface area contributed by atoms with E-state index in [0.29, 0.717) is 23.9 Å². The summed E-state index contributed by atoms with van der Waals surface area (Å²) in [6.07, 6.45) is 0.756. The van der Waals surface area contributed by atoms with Gasteiger partial charge in [-0.05, 0) is 29.8 Å². The summed E-state index contributed by atoms with van der Waals surface area (Å²) in [5, 5.41) is 3.05. The van der Waals surface area contributed by atoms with Gasteiger partial charge in [-0.3, -0.25) is 0 Å². The number of methoxy groups -OCH3 is 2. The number of nitrogens with one attached hydrogen (secondary N) is 1. The first kappa shape index (κ1) is 19.2. The Morgan fingerprint density at radius 2 is 1.61 bits per heavy atom. The number of pyridine rings is 1. The number of hydrogen-bond acceptors (Lipinski definition) is 4. The third-order valence-corrected chi connectivity index (χ3v) is 4.23. The lowest BCUT2D eigenvalue weighted by Crippen LogP contribution is -2.23. The molecule has 6 heteroatoms. The Labute approximate surface area is 165 Å². The number of nitrogens with two attached hydrogens (primary N) is 1. The van der Waals surface area contributed by atoms with Crippen molar-refractivity contribution < 1.29 is 9.47 Å². The Morgan fingerprint density at radius 1 is 0.929 bits per heavy atom. The number of aliphatic imine (C=N–C) groups is 1. The van der Waals surface area contributed by atoms with Crippen LogP contribution in [-0.4, -0.2) is 25.2 Å². The zero-order valence-corrected chi connectivity index (χ0v) is 16.1. The number of aromatic nitrogens is 1. The lowest BCUT2D eigenvalue weighted by Gasteiger charge is -2.12. The van der Waals surface area contributed by atoms with E-state index in [1.54, 1.807) is 14.2 Å². The Balaban J connectivity index is 1.70. The van der Waals surface area contributed by atoms with E-state index in [1.807, 2.05) is 54.6 Å². The fourth-order valence-corrected chi connectivity index (χ4v) is 2.87. The van der Waals surface area contributed by atoms with Gasteiger partial charge in [0.05, 0.1) is 26.3 Å². The molecule has 3 rings (SSSR count). The molecule has 144 valence electrons. The zero-order chi connectivity index (χ0) is 19.8. The molecule has 0 aliphatic carbocycles. The van der Waals surface area contributed by atoms with Crippen LogP contribution in [0.15, 0.2) is 71.7 Å². The maximum Gasteiger partial charge on any atom is 0.194 e. The standard InChI is InChI=1S/C22H24N4O2/c1-27-19-11-7-12-20(28-2)18(19)15-24-22(23)26-21-13-6-10-17(25-21)14-16-8-4-3-5-9-16/h3-13H,14-15H2,1-2H3,(H3,23,24,25,26). The van der Waals surface area contributed by atoms with Crippen molar-refractivity contribution >= 4 is 11.8 Å². The van der Waals surface area contributed by atoms with Crippen LogP contribution in [0.25, 0.3) is 0 Å². The second kappa shape index (κ2) is 9.41. The second-order valence-corrected chi connectivity index (χ2v) is 6.14. The lowest BCUT2D eigenvalue weighted by molar-refractivity contribution is 0.385. The van der Waals surface area contributed by atoms with E-state index in [9.17, 15) is 0 Å². The zero-order valence-electron chi connectivity index (χ0n) is 16.1. The Morgan fingerprint density at radius 3 is 2.29 bits per heavy atom. The molecule has 0 atom stereocenters. The third-order valence-electron chi connectivity index (χ3n) is 4.23. The molecule has 0 aliphatic rings. The first-order chi connectivity index (χ1) is 13.7. The molecule has 0 amide bonds. The van der Waals surface area contributed by atoms with E-state index < -0.39 is 0 Å². The minimum absolute atomic E-state index is 0.275. The molecular weight excluding hydrogens is 352 g/mol. The van der Waals surface area contributed by atoms with Gasteiger partial charge in [-0.15, -0.1) is 0 Å². The van der Waals surface area contributed by atoms with Crippen LogP contribution in [0.2, 0.25) is 0 Å². The van der Waals surface area contributed by atoms with E-state index in [4.69, 9.17) is 15.2 Å². The molecule has 1 heterocycles. The van der Waals surface area contributed by atoms with Gasteiger partial charge < -0.3 is 20.5 Å². The molecule has 0 saturated carbocycles. The summed E-state index contributed by atoms with van der Waals surface area (Å²) >= 11 is 0. The summed E-state index contributed by atoms with van der Waals surface area (Å²) < 4.78 is 10.8. The minimum Gasteiger partial charge on any atom is -0.496 e. The van der Waals surface area contributed by atoms with Crippen LogP contribution < -0.4 is 20.5 Å². The molecule has 0 spiro atoms. The first-order valence-electron chi connectivity index (χ1n) is 8.96. The van der Waals surface area contributed by atoms with Crippen LogP contribution in [0.3, 0.4) is 0 Å². The highest BCUT2D eigenvalue weighted by Crippen LogP contribution is 2.28. The summed E-state index contributed by atoms with van der Waals surface area (Å²) in [6.45, 7) is 0.329. The fourth-order valence-electron chi connectivity index (χ4n) is 2.87. The summed E-state index contributed by atoms with van der Waals surface area (Å²) in [6, 6.07) is 21.6. The smallest absolute Gasteiger partial charge is 0.194 e. The van der Waals surface area contributed by atoms with Crippen molar-refractivity contribution in [1.82, 2.24) is 4.98 Å². The van der Waals surface area contributed by atoms with Gasteiger partial charge in [0, 0.05) is 12.1 Å². The van der Waals surface area contributed by atoms with Crippen molar-refractivity contribution in [3.63, 3.8) is 0 Å². The van der Waals surface area contributed by atoms with Crippen molar-refractivity contribution in [1.29, 1.82) is 0 Å². The van der Waals surface area contributed by atoms with Crippen LogP contribution in [0.5, 0.6) is 11.5 Å². The van der Waals surface area contributed by atoms with Crippen LogP contribution in [-0.2, 0) is 13.0 Å². The summed E-state index contributed by atoms with van der Waals surface area (Å²) in [7, 11) is 3.23. The number of ether oxygens (including phenoxy) is 2. The number of hydrogen-bond donors (Lipinski definition) is 2. The Bertz CT molecular complexity index is 920. The fraction of sp³-hybridized carbons (Fsp3) is 0.182. The van der Waals surface area contributed by atoms with E-state index in [2.05, 4.69) is 27.4 Å². The highest BCUT2D eigenvalue weighted by molar-refractivity contribution is 5.91. The number of anilines is 1. The molecule has 0 saturated heterocycles. The molecule has 0 unspecified atom stereocenters. The monoisotopic (exact) mass is 376 g/mol. The highest BCUT2D eigenvalue weighted by atomic mass is 16.5. The maximum atomic E-state index is 6.06. The summed E-state index contributed by atoms with van der Waals surface area (Å²) in [5.41, 5.74) is 9.05. The summed E-state index contributed by atoms with van der Waals surface area (Å²) in [5.74, 6) is 2.34. The van der Waals surface area contributed by atoms with Crippen LogP contribution >= 0.6 is 0 Å². The number of benzene rings is 2. The lowest BCUT2D eigenvalue weighted by atomic mass is 10.1. The molecule has 28 heavy (non-hydrogen) atoms. The average molecular weight is 376 g/mol. The topological polar surface area (TPSA) is 81.8 Å². The molecule has 0 bridgehead atoms. The second-order valence-electron chi connectivity index (χ2n) is 6.14. The van der Waals surface area contributed by atoms with Crippen LogP contribution in [0.1, 0.15) is 16.8 Å². The predicted molar refractivity (Wildman–Crippen MR) is 112 cm³/mol. The van der Waals surface area contributed by atoms with Gasteiger partial charge in [0.2, 0.25) is 0 Å². The van der Waals surface area contributed by atoms with Gasteiger partial charge in [0.25, 0.3) is 0 Å². The average Bonchev–Trinajstić information content (AvgIpc) is 2.73. The molecular formula is C22H24N4O2. The van der Waals surface area contributed by atoms with Gasteiger partial charge in [-0.25, -0.2) is 9.98 Å². The van der Waals surface area contributed by atoms with Crippen LogP contribution in [0.4, 0.5) is 5.82 Å². The number of guanidine groups is 1. The van der Waals surface area contributed by atoms with E-state index in [0.717, 1.165) is 17.7 Å². The molecule has 0 radical (unpaired) electrons. The number of rotatable bonds is 7. The predicted octanol–water partition coefficient (Wildman–Crippen LogP) is 3.62. The van der Waals surface area contributed by atoms with Crippen molar-refractivity contribution in [2.45, 2.75) is 13.0 Å². The van der Waals surface area contributed by atoms with Gasteiger partial charge >= 0.3 is 0 Å². The van der Waals surface area contributed by atoms with Crippen molar-refractivity contribution in [2.75, 3.05) is 19.5 Å². The van der Waals surface area contributed by atoms with Crippen LogP contribution in [0, 0.1) is 0 Å². The molecule has 0 fully saturated rings. The van der Waals surface area contributed by atoms with Crippen molar-refractivity contribution in [3.8, 4) is 11.5 Å². The molecule has 6 nitrogen and oxygen atoms in total. The van der Waals surface area contributed by atoms with Crippen molar-refractivity contribution in [3.05, 3.63) is 83.6 Å². The van der Waals surface area contributed by atoms with Gasteiger partial charge in [0.1, 0.15) is 17.3 Å². The molecule has 1 aromatic heterocycles. The quantitative estimate of drug-likeness (QED) is 0.486. The van der Waals surface area contributed by atoms with Crippen molar-refractivity contribution in [2.24, 2.45) is 10.7 Å². The summed E-state index contributed by atoms with van der Waals surface area (Å²) in [4.78, 5) is 9.01. The van der Waals surface area contributed by atoms with E-state index in [1.165, 1.54) is 5.56 Å². The molecule has 0 aliphatic heterocycles. The third kappa shape index (κ3) is 5.01. The Hall–Kier alpha value is -3.54. The normalized spacial score (nSPS) is 11.1. The maximum absolute atomic E-state index is 6.06. The minimum atomic E-state index is 0.275. The van der Waals surface area contributed by atoms with E-state index >= 15 is 0 Å². The first-order valence-corrected chi connectivity index (χ1v) is 8.96. The Kier molecular flexibility index (Phi) is 6.46. The SMILES string of the molecule is COc1cccc(OC)c1CN=C(N)Nc1cccc(Cc2ccccc2)n1.